The number of rotatable bonds is 4. The van der Waals surface area contributed by atoms with Gasteiger partial charge in [0.15, 0.2) is 0 Å². The normalized spacial score (nSPS) is 22.2. The zero-order valence-electron chi connectivity index (χ0n) is 13.3. The van der Waals surface area contributed by atoms with E-state index in [4.69, 9.17) is 9.47 Å². The number of hydrogen-bond donors (Lipinski definition) is 0. The summed E-state index contributed by atoms with van der Waals surface area (Å²) in [5.74, 6) is 0.164. The van der Waals surface area contributed by atoms with Gasteiger partial charge in [0, 0.05) is 25.2 Å². The van der Waals surface area contributed by atoms with E-state index in [0.717, 1.165) is 18.4 Å². The Morgan fingerprint density at radius 3 is 3.00 bits per heavy atom. The monoisotopic (exact) mass is 345 g/mol. The molecule has 0 aromatic carbocycles. The SMILES string of the molecule is O=C(Cc1ccsc1)N1CC2(CC(Oc3ncccn3)CCO2)C1. The average Bonchev–Trinajstić information content (AvgIpc) is 3.06. The number of hydrogen-bond acceptors (Lipinski definition) is 6. The minimum atomic E-state index is -0.262. The molecule has 0 N–H and O–H groups in total. The second-order valence-electron chi connectivity index (χ2n) is 6.35. The highest BCUT2D eigenvalue weighted by Gasteiger charge is 2.49. The summed E-state index contributed by atoms with van der Waals surface area (Å²) in [5, 5.41) is 4.02. The van der Waals surface area contributed by atoms with Crippen LogP contribution in [0.5, 0.6) is 6.01 Å². The topological polar surface area (TPSA) is 64.6 Å². The van der Waals surface area contributed by atoms with Gasteiger partial charge in [0.25, 0.3) is 0 Å². The van der Waals surface area contributed by atoms with E-state index in [1.165, 1.54) is 0 Å². The maximum absolute atomic E-state index is 12.3. The molecule has 4 heterocycles. The Labute approximate surface area is 144 Å². The van der Waals surface area contributed by atoms with Crippen LogP contribution in [0.1, 0.15) is 18.4 Å². The molecule has 4 rings (SSSR count). The summed E-state index contributed by atoms with van der Waals surface area (Å²) >= 11 is 1.62. The molecule has 2 fully saturated rings. The minimum Gasteiger partial charge on any atom is -0.460 e. The molecule has 1 atom stereocenters. The summed E-state index contributed by atoms with van der Waals surface area (Å²) in [5.41, 5.74) is 0.820. The Bertz CT molecular complexity index is 686. The fourth-order valence-corrected chi connectivity index (χ4v) is 3.97. The summed E-state index contributed by atoms with van der Waals surface area (Å²) < 4.78 is 11.8. The largest absolute Gasteiger partial charge is 0.460 e. The van der Waals surface area contributed by atoms with Crippen molar-refractivity contribution in [3.8, 4) is 6.01 Å². The summed E-state index contributed by atoms with van der Waals surface area (Å²) in [4.78, 5) is 22.4. The standard InChI is InChI=1S/C17H19N3O3S/c21-15(8-13-3-7-24-10-13)20-11-17(12-20)9-14(2-6-22-17)23-16-18-4-1-5-19-16/h1,3-5,7,10,14H,2,6,8-9,11-12H2. The third-order valence-corrected chi connectivity index (χ3v) is 5.24. The van der Waals surface area contributed by atoms with Crippen LogP contribution in [0.4, 0.5) is 0 Å². The quantitative estimate of drug-likeness (QED) is 0.847. The number of thiophene rings is 1. The number of nitrogens with zero attached hydrogens (tertiary/aromatic N) is 3. The molecule has 2 aliphatic rings. The van der Waals surface area contributed by atoms with Gasteiger partial charge in [0.2, 0.25) is 5.91 Å². The van der Waals surface area contributed by atoms with E-state index < -0.39 is 0 Å². The van der Waals surface area contributed by atoms with Crippen molar-refractivity contribution in [1.29, 1.82) is 0 Å². The molecule has 0 aliphatic carbocycles. The van der Waals surface area contributed by atoms with Crippen LogP contribution in [-0.4, -0.2) is 52.2 Å². The third kappa shape index (κ3) is 3.27. The average molecular weight is 345 g/mol. The van der Waals surface area contributed by atoms with E-state index in [9.17, 15) is 4.79 Å². The highest BCUT2D eigenvalue weighted by Crippen LogP contribution is 2.35. The van der Waals surface area contributed by atoms with Crippen molar-refractivity contribution in [2.45, 2.75) is 31.0 Å². The van der Waals surface area contributed by atoms with E-state index in [0.29, 0.717) is 32.1 Å². The van der Waals surface area contributed by atoms with Crippen LogP contribution in [0.3, 0.4) is 0 Å². The first-order valence-electron chi connectivity index (χ1n) is 8.09. The van der Waals surface area contributed by atoms with Gasteiger partial charge in [0.05, 0.1) is 26.1 Å². The van der Waals surface area contributed by atoms with Crippen molar-refractivity contribution < 1.29 is 14.3 Å². The number of amides is 1. The van der Waals surface area contributed by atoms with Gasteiger partial charge in [-0.3, -0.25) is 4.79 Å². The number of carbonyl (C=O) groups excluding carboxylic acids is 1. The van der Waals surface area contributed by atoms with Crippen molar-refractivity contribution in [3.63, 3.8) is 0 Å². The van der Waals surface area contributed by atoms with Crippen LogP contribution in [0.25, 0.3) is 0 Å². The maximum atomic E-state index is 12.3. The molecule has 6 nitrogen and oxygen atoms in total. The van der Waals surface area contributed by atoms with Crippen molar-refractivity contribution in [3.05, 3.63) is 40.8 Å². The van der Waals surface area contributed by atoms with Gasteiger partial charge in [-0.1, -0.05) is 0 Å². The predicted molar refractivity (Wildman–Crippen MR) is 89.0 cm³/mol. The molecule has 2 saturated heterocycles. The molecule has 0 saturated carbocycles. The molecule has 1 amide bonds. The maximum Gasteiger partial charge on any atom is 0.316 e. The van der Waals surface area contributed by atoms with Crippen molar-refractivity contribution in [2.75, 3.05) is 19.7 Å². The van der Waals surface area contributed by atoms with E-state index in [1.54, 1.807) is 29.8 Å². The number of carbonyl (C=O) groups is 1. The van der Waals surface area contributed by atoms with Gasteiger partial charge in [-0.15, -0.1) is 0 Å². The van der Waals surface area contributed by atoms with Gasteiger partial charge in [0.1, 0.15) is 11.7 Å². The second-order valence-corrected chi connectivity index (χ2v) is 7.13. The fourth-order valence-electron chi connectivity index (χ4n) is 3.30. The summed E-state index contributed by atoms with van der Waals surface area (Å²) in [6.45, 7) is 1.93. The highest BCUT2D eigenvalue weighted by molar-refractivity contribution is 7.08. The summed E-state index contributed by atoms with van der Waals surface area (Å²) in [6, 6.07) is 4.17. The van der Waals surface area contributed by atoms with Crippen LogP contribution in [0.2, 0.25) is 0 Å². The third-order valence-electron chi connectivity index (χ3n) is 4.51. The molecule has 2 aromatic heterocycles. The Balaban J connectivity index is 1.31. The van der Waals surface area contributed by atoms with Crippen LogP contribution >= 0.6 is 11.3 Å². The lowest BCUT2D eigenvalue weighted by molar-refractivity contribution is -0.193. The van der Waals surface area contributed by atoms with Gasteiger partial charge in [-0.2, -0.15) is 11.3 Å². The number of aromatic nitrogens is 2. The molecule has 7 heteroatoms. The smallest absolute Gasteiger partial charge is 0.316 e. The zero-order chi connectivity index (χ0) is 16.4. The molecular formula is C17H19N3O3S. The van der Waals surface area contributed by atoms with Crippen LogP contribution < -0.4 is 4.74 Å². The lowest BCUT2D eigenvalue weighted by Crippen LogP contribution is -2.67. The number of likely N-dealkylation sites (tertiary alicyclic amines) is 1. The predicted octanol–water partition coefficient (Wildman–Crippen LogP) is 1.92. The summed E-state index contributed by atoms with van der Waals surface area (Å²) in [7, 11) is 0. The Hall–Kier alpha value is -1.99. The van der Waals surface area contributed by atoms with Crippen molar-refractivity contribution in [2.24, 2.45) is 0 Å². The lowest BCUT2D eigenvalue weighted by Gasteiger charge is -2.52. The van der Waals surface area contributed by atoms with E-state index in [-0.39, 0.29) is 17.6 Å². The van der Waals surface area contributed by atoms with Crippen LogP contribution in [0, 0.1) is 0 Å². The van der Waals surface area contributed by atoms with Gasteiger partial charge >= 0.3 is 6.01 Å². The summed E-state index contributed by atoms with van der Waals surface area (Å²) in [6.07, 6.45) is 5.44. The fraction of sp³-hybridized carbons (Fsp3) is 0.471. The molecule has 126 valence electrons. The molecule has 2 aliphatic heterocycles. The minimum absolute atomic E-state index is 0.0373. The van der Waals surface area contributed by atoms with Gasteiger partial charge in [-0.25, -0.2) is 9.97 Å². The molecule has 24 heavy (non-hydrogen) atoms. The van der Waals surface area contributed by atoms with Crippen molar-refractivity contribution >= 4 is 17.2 Å². The van der Waals surface area contributed by atoms with Crippen LogP contribution in [-0.2, 0) is 16.0 Å². The molecule has 0 bridgehead atoms. The molecule has 1 spiro atoms. The van der Waals surface area contributed by atoms with Crippen molar-refractivity contribution in [1.82, 2.24) is 14.9 Å². The Morgan fingerprint density at radius 2 is 2.25 bits per heavy atom. The second kappa shape index (κ2) is 6.49. The van der Waals surface area contributed by atoms with E-state index >= 15 is 0 Å². The Kier molecular flexibility index (Phi) is 4.20. The first-order valence-corrected chi connectivity index (χ1v) is 9.03. The first kappa shape index (κ1) is 15.5. The molecule has 1 unspecified atom stereocenters. The number of ether oxygens (including phenoxy) is 2. The molecule has 0 radical (unpaired) electrons. The van der Waals surface area contributed by atoms with E-state index in [1.807, 2.05) is 21.7 Å². The zero-order valence-corrected chi connectivity index (χ0v) is 14.1. The molecule has 2 aromatic rings. The Morgan fingerprint density at radius 1 is 1.42 bits per heavy atom. The van der Waals surface area contributed by atoms with Crippen LogP contribution in [0.15, 0.2) is 35.3 Å². The first-order chi connectivity index (χ1) is 11.7. The van der Waals surface area contributed by atoms with Gasteiger partial charge in [-0.05, 0) is 28.5 Å². The highest BCUT2D eigenvalue weighted by atomic mass is 32.1. The van der Waals surface area contributed by atoms with E-state index in [2.05, 4.69) is 9.97 Å². The van der Waals surface area contributed by atoms with Gasteiger partial charge < -0.3 is 14.4 Å². The molecular weight excluding hydrogens is 326 g/mol. The lowest BCUT2D eigenvalue weighted by atomic mass is 9.84.